The van der Waals surface area contributed by atoms with Crippen LogP contribution in [0.1, 0.15) is 18.7 Å². The van der Waals surface area contributed by atoms with E-state index in [2.05, 4.69) is 23.5 Å². The Labute approximate surface area is 115 Å². The first-order valence-corrected chi connectivity index (χ1v) is 6.94. The van der Waals surface area contributed by atoms with E-state index in [4.69, 9.17) is 0 Å². The molecule has 0 atom stereocenters. The van der Waals surface area contributed by atoms with Gasteiger partial charge in [-0.2, -0.15) is 4.37 Å². The Morgan fingerprint density at radius 2 is 1.84 bits per heavy atom. The first-order valence-electron chi connectivity index (χ1n) is 6.17. The third-order valence-electron chi connectivity index (χ3n) is 2.57. The summed E-state index contributed by atoms with van der Waals surface area (Å²) in [6.07, 6.45) is 0. The van der Waals surface area contributed by atoms with Crippen LogP contribution in [0.4, 0.5) is 8.78 Å². The molecule has 2 rings (SSSR count). The summed E-state index contributed by atoms with van der Waals surface area (Å²) in [6, 6.07) is 5.32. The predicted molar refractivity (Wildman–Crippen MR) is 74.0 cm³/mol. The number of hydrogen-bond donors (Lipinski definition) is 1. The van der Waals surface area contributed by atoms with E-state index in [0.29, 0.717) is 17.2 Å². The molecule has 0 saturated heterocycles. The summed E-state index contributed by atoms with van der Waals surface area (Å²) < 4.78 is 30.5. The summed E-state index contributed by atoms with van der Waals surface area (Å²) in [7, 11) is 0. The predicted octanol–water partition coefficient (Wildman–Crippen LogP) is 3.83. The molecular formula is C14H16F2N2S. The van der Waals surface area contributed by atoms with Crippen LogP contribution in [0.25, 0.3) is 11.3 Å². The highest BCUT2D eigenvalue weighted by Crippen LogP contribution is 2.23. The molecule has 5 heteroatoms. The van der Waals surface area contributed by atoms with E-state index < -0.39 is 11.6 Å². The summed E-state index contributed by atoms with van der Waals surface area (Å²) in [5.74, 6) is -0.574. The largest absolute Gasteiger partial charge is 0.312 e. The summed E-state index contributed by atoms with van der Waals surface area (Å²) in [5, 5.41) is 3.31. The second-order valence-corrected chi connectivity index (χ2v) is 5.75. The van der Waals surface area contributed by atoms with Gasteiger partial charge in [0, 0.05) is 23.1 Å². The monoisotopic (exact) mass is 282 g/mol. The Kier molecular flexibility index (Phi) is 4.61. The highest BCUT2D eigenvalue weighted by atomic mass is 32.1. The molecule has 0 unspecified atom stereocenters. The van der Waals surface area contributed by atoms with Crippen molar-refractivity contribution in [2.24, 2.45) is 5.92 Å². The molecule has 0 bridgehead atoms. The van der Waals surface area contributed by atoms with Crippen LogP contribution in [-0.2, 0) is 6.54 Å². The summed E-state index contributed by atoms with van der Waals surface area (Å²) in [5.41, 5.74) is 1.09. The minimum atomic E-state index is -0.581. The Bertz CT molecular complexity index is 532. The van der Waals surface area contributed by atoms with Crippen molar-refractivity contribution < 1.29 is 8.78 Å². The molecule has 0 aliphatic rings. The number of halogens is 2. The van der Waals surface area contributed by atoms with Gasteiger partial charge in [0.15, 0.2) is 0 Å². The average molecular weight is 282 g/mol. The number of aromatic nitrogens is 1. The minimum Gasteiger partial charge on any atom is -0.312 e. The molecule has 1 heterocycles. The van der Waals surface area contributed by atoms with E-state index in [0.717, 1.165) is 24.0 Å². The molecule has 102 valence electrons. The molecule has 0 aliphatic carbocycles. The van der Waals surface area contributed by atoms with Crippen molar-refractivity contribution in [1.29, 1.82) is 0 Å². The molecular weight excluding hydrogens is 266 g/mol. The lowest BCUT2D eigenvalue weighted by atomic mass is 10.1. The SMILES string of the molecule is CC(C)CNCc1cc(-c2cc(F)cc(F)c2)ns1. The maximum atomic E-state index is 13.1. The van der Waals surface area contributed by atoms with Crippen LogP contribution < -0.4 is 5.32 Å². The van der Waals surface area contributed by atoms with E-state index in [9.17, 15) is 8.78 Å². The van der Waals surface area contributed by atoms with Gasteiger partial charge in [0.1, 0.15) is 11.6 Å². The Hall–Kier alpha value is -1.33. The van der Waals surface area contributed by atoms with Crippen LogP contribution in [0.15, 0.2) is 24.3 Å². The fourth-order valence-electron chi connectivity index (χ4n) is 1.72. The summed E-state index contributed by atoms with van der Waals surface area (Å²) >= 11 is 1.35. The van der Waals surface area contributed by atoms with Gasteiger partial charge in [-0.05, 0) is 42.2 Å². The molecule has 1 aromatic heterocycles. The number of benzene rings is 1. The Morgan fingerprint density at radius 3 is 2.47 bits per heavy atom. The van der Waals surface area contributed by atoms with Gasteiger partial charge < -0.3 is 5.32 Å². The van der Waals surface area contributed by atoms with Gasteiger partial charge in [-0.25, -0.2) is 8.78 Å². The topological polar surface area (TPSA) is 24.9 Å². The molecule has 0 spiro atoms. The van der Waals surface area contributed by atoms with Gasteiger partial charge >= 0.3 is 0 Å². The van der Waals surface area contributed by atoms with Crippen molar-refractivity contribution in [3.05, 3.63) is 40.8 Å². The molecule has 0 aliphatic heterocycles. The van der Waals surface area contributed by atoms with Crippen molar-refractivity contribution in [2.75, 3.05) is 6.54 Å². The maximum absolute atomic E-state index is 13.1. The Morgan fingerprint density at radius 1 is 1.16 bits per heavy atom. The fourth-order valence-corrected chi connectivity index (χ4v) is 2.42. The van der Waals surface area contributed by atoms with E-state index in [1.165, 1.54) is 23.7 Å². The Balaban J connectivity index is 2.07. The quantitative estimate of drug-likeness (QED) is 0.901. The second-order valence-electron chi connectivity index (χ2n) is 4.86. The van der Waals surface area contributed by atoms with Crippen molar-refractivity contribution >= 4 is 11.5 Å². The van der Waals surface area contributed by atoms with E-state index >= 15 is 0 Å². The molecule has 19 heavy (non-hydrogen) atoms. The smallest absolute Gasteiger partial charge is 0.126 e. The number of nitrogens with zero attached hydrogens (tertiary/aromatic N) is 1. The first-order chi connectivity index (χ1) is 9.04. The van der Waals surface area contributed by atoms with E-state index in [-0.39, 0.29) is 0 Å². The minimum absolute atomic E-state index is 0.476. The zero-order chi connectivity index (χ0) is 13.8. The lowest BCUT2D eigenvalue weighted by Crippen LogP contribution is -2.18. The van der Waals surface area contributed by atoms with Crippen molar-refractivity contribution in [1.82, 2.24) is 9.69 Å². The lowest BCUT2D eigenvalue weighted by Gasteiger charge is -2.04. The third kappa shape index (κ3) is 4.08. The maximum Gasteiger partial charge on any atom is 0.126 e. The van der Waals surface area contributed by atoms with Crippen molar-refractivity contribution in [3.8, 4) is 11.3 Å². The lowest BCUT2D eigenvalue weighted by molar-refractivity contribution is 0.555. The third-order valence-corrected chi connectivity index (χ3v) is 3.35. The molecule has 2 aromatic rings. The van der Waals surface area contributed by atoms with E-state index in [1.54, 1.807) is 0 Å². The average Bonchev–Trinajstić information content (AvgIpc) is 2.76. The van der Waals surface area contributed by atoms with Crippen molar-refractivity contribution in [2.45, 2.75) is 20.4 Å². The second kappa shape index (κ2) is 6.21. The molecule has 0 radical (unpaired) electrons. The van der Waals surface area contributed by atoms with E-state index in [1.807, 2.05) is 6.07 Å². The summed E-state index contributed by atoms with van der Waals surface area (Å²) in [4.78, 5) is 1.06. The molecule has 0 saturated carbocycles. The van der Waals surface area contributed by atoms with Crippen LogP contribution in [0, 0.1) is 17.6 Å². The van der Waals surface area contributed by atoms with Gasteiger partial charge in [0.2, 0.25) is 0 Å². The van der Waals surface area contributed by atoms with Gasteiger partial charge in [0.05, 0.1) is 5.69 Å². The highest BCUT2D eigenvalue weighted by molar-refractivity contribution is 7.06. The van der Waals surface area contributed by atoms with Gasteiger partial charge in [0.25, 0.3) is 0 Å². The zero-order valence-corrected chi connectivity index (χ0v) is 11.7. The molecule has 0 fully saturated rings. The first kappa shape index (κ1) is 14.1. The number of rotatable bonds is 5. The highest BCUT2D eigenvalue weighted by Gasteiger charge is 2.07. The van der Waals surface area contributed by atoms with Crippen LogP contribution in [0.2, 0.25) is 0 Å². The molecule has 1 aromatic carbocycles. The zero-order valence-electron chi connectivity index (χ0n) is 10.9. The standard InChI is InChI=1S/C14H16F2N2S/c1-9(2)7-17-8-13-6-14(18-19-13)10-3-11(15)5-12(16)4-10/h3-6,9,17H,7-8H2,1-2H3. The van der Waals surface area contributed by atoms with Gasteiger partial charge in [-0.3, -0.25) is 0 Å². The number of nitrogens with one attached hydrogen (secondary N) is 1. The van der Waals surface area contributed by atoms with Crippen molar-refractivity contribution in [3.63, 3.8) is 0 Å². The van der Waals surface area contributed by atoms with Crippen LogP contribution in [0.5, 0.6) is 0 Å². The molecule has 2 nitrogen and oxygen atoms in total. The summed E-state index contributed by atoms with van der Waals surface area (Å²) in [6.45, 7) is 5.94. The van der Waals surface area contributed by atoms with Crippen LogP contribution in [0.3, 0.4) is 0 Å². The van der Waals surface area contributed by atoms with Gasteiger partial charge in [-0.1, -0.05) is 13.8 Å². The van der Waals surface area contributed by atoms with Crippen LogP contribution in [-0.4, -0.2) is 10.9 Å². The molecule has 0 amide bonds. The normalized spacial score (nSPS) is 11.2. The number of hydrogen-bond acceptors (Lipinski definition) is 3. The fraction of sp³-hybridized carbons (Fsp3) is 0.357. The van der Waals surface area contributed by atoms with Gasteiger partial charge in [-0.15, -0.1) is 0 Å². The molecule has 1 N–H and O–H groups in total. The van der Waals surface area contributed by atoms with Crippen LogP contribution >= 0.6 is 11.5 Å².